The van der Waals surface area contributed by atoms with Gasteiger partial charge in [0.2, 0.25) is 10.0 Å². The standard InChI is InChI=1S/C11H13FN4O2S/c1-8-5-9(12)3-4-10(8)19(17,18)16(2)6-11-13-7-14-15-11/h3-5,7H,6H2,1-2H3,(H,13,14,15). The minimum absolute atomic E-state index is 0.0686. The lowest BCUT2D eigenvalue weighted by Gasteiger charge is -2.17. The Kier molecular flexibility index (Phi) is 3.63. The van der Waals surface area contributed by atoms with Crippen LogP contribution in [0.1, 0.15) is 11.4 Å². The molecule has 0 amide bonds. The third-order valence-electron chi connectivity index (χ3n) is 2.66. The average molecular weight is 284 g/mol. The summed E-state index contributed by atoms with van der Waals surface area (Å²) in [5.41, 5.74) is 0.365. The minimum Gasteiger partial charge on any atom is -0.262 e. The summed E-state index contributed by atoms with van der Waals surface area (Å²) in [7, 11) is -2.25. The summed E-state index contributed by atoms with van der Waals surface area (Å²) in [6.45, 7) is 1.62. The summed E-state index contributed by atoms with van der Waals surface area (Å²) in [6.07, 6.45) is 1.30. The molecule has 0 unspecified atom stereocenters. The van der Waals surface area contributed by atoms with Gasteiger partial charge >= 0.3 is 0 Å². The van der Waals surface area contributed by atoms with Crippen LogP contribution in [0.5, 0.6) is 0 Å². The highest BCUT2D eigenvalue weighted by Crippen LogP contribution is 2.20. The van der Waals surface area contributed by atoms with Crippen molar-refractivity contribution >= 4 is 10.0 Å². The van der Waals surface area contributed by atoms with Gasteiger partial charge in [0.1, 0.15) is 18.0 Å². The number of H-pyrrole nitrogens is 1. The fourth-order valence-electron chi connectivity index (χ4n) is 1.67. The largest absolute Gasteiger partial charge is 0.262 e. The second kappa shape index (κ2) is 5.06. The summed E-state index contributed by atoms with van der Waals surface area (Å²) in [4.78, 5) is 3.95. The highest BCUT2D eigenvalue weighted by Gasteiger charge is 2.23. The Morgan fingerprint density at radius 3 is 2.74 bits per heavy atom. The van der Waals surface area contributed by atoms with E-state index in [0.717, 1.165) is 10.4 Å². The van der Waals surface area contributed by atoms with Gasteiger partial charge in [0.05, 0.1) is 11.4 Å². The predicted molar refractivity (Wildman–Crippen MR) is 66.2 cm³/mol. The van der Waals surface area contributed by atoms with Gasteiger partial charge in [-0.2, -0.15) is 9.40 Å². The van der Waals surface area contributed by atoms with Gasteiger partial charge in [0.15, 0.2) is 0 Å². The van der Waals surface area contributed by atoms with Crippen molar-refractivity contribution in [2.75, 3.05) is 7.05 Å². The number of sulfonamides is 1. The zero-order valence-electron chi connectivity index (χ0n) is 10.5. The Balaban J connectivity index is 2.31. The van der Waals surface area contributed by atoms with Gasteiger partial charge in [0, 0.05) is 7.05 Å². The van der Waals surface area contributed by atoms with Gasteiger partial charge in [-0.25, -0.2) is 17.8 Å². The first-order valence-electron chi connectivity index (χ1n) is 5.48. The van der Waals surface area contributed by atoms with Crippen LogP contribution in [0.15, 0.2) is 29.4 Å². The van der Waals surface area contributed by atoms with E-state index < -0.39 is 15.8 Å². The number of benzene rings is 1. The van der Waals surface area contributed by atoms with E-state index in [4.69, 9.17) is 0 Å². The first-order chi connectivity index (χ1) is 8.91. The molecular weight excluding hydrogens is 271 g/mol. The zero-order valence-corrected chi connectivity index (χ0v) is 11.3. The highest BCUT2D eigenvalue weighted by atomic mass is 32.2. The van der Waals surface area contributed by atoms with Crippen LogP contribution < -0.4 is 0 Å². The van der Waals surface area contributed by atoms with E-state index in [2.05, 4.69) is 15.2 Å². The van der Waals surface area contributed by atoms with Crippen LogP contribution in [0.4, 0.5) is 4.39 Å². The Bertz CT molecular complexity index is 670. The number of aromatic nitrogens is 3. The third-order valence-corrected chi connectivity index (χ3v) is 4.63. The smallest absolute Gasteiger partial charge is 0.243 e. The fraction of sp³-hybridized carbons (Fsp3) is 0.273. The molecule has 0 aliphatic heterocycles. The highest BCUT2D eigenvalue weighted by molar-refractivity contribution is 7.89. The number of nitrogens with one attached hydrogen (secondary N) is 1. The molecule has 8 heteroatoms. The molecule has 2 aromatic rings. The molecule has 1 N–H and O–H groups in total. The third kappa shape index (κ3) is 2.79. The van der Waals surface area contributed by atoms with Crippen LogP contribution in [-0.2, 0) is 16.6 Å². The first kappa shape index (κ1) is 13.6. The molecule has 102 valence electrons. The molecule has 1 heterocycles. The average Bonchev–Trinajstić information content (AvgIpc) is 2.81. The minimum atomic E-state index is -3.68. The van der Waals surface area contributed by atoms with Crippen LogP contribution in [0.2, 0.25) is 0 Å². The van der Waals surface area contributed by atoms with Gasteiger partial charge in [0.25, 0.3) is 0 Å². The summed E-state index contributed by atoms with van der Waals surface area (Å²) in [6, 6.07) is 3.58. The van der Waals surface area contributed by atoms with Crippen LogP contribution in [-0.4, -0.2) is 35.0 Å². The Hall–Kier alpha value is -1.80. The maximum absolute atomic E-state index is 13.0. The lowest BCUT2D eigenvalue weighted by Crippen LogP contribution is -2.27. The van der Waals surface area contributed by atoms with Crippen molar-refractivity contribution in [3.8, 4) is 0 Å². The van der Waals surface area contributed by atoms with Crippen molar-refractivity contribution in [3.63, 3.8) is 0 Å². The number of halogens is 1. The van der Waals surface area contributed by atoms with Gasteiger partial charge in [-0.05, 0) is 30.7 Å². The molecule has 0 saturated heterocycles. The van der Waals surface area contributed by atoms with Crippen molar-refractivity contribution in [1.29, 1.82) is 0 Å². The number of aromatic amines is 1. The molecule has 0 radical (unpaired) electrons. The molecule has 19 heavy (non-hydrogen) atoms. The van der Waals surface area contributed by atoms with Gasteiger partial charge in [-0.1, -0.05) is 0 Å². The van der Waals surface area contributed by atoms with E-state index in [1.165, 1.54) is 25.5 Å². The molecule has 0 aliphatic rings. The molecule has 0 aliphatic carbocycles. The maximum atomic E-state index is 13.0. The molecular formula is C11H13FN4O2S. The van der Waals surface area contributed by atoms with Gasteiger partial charge < -0.3 is 0 Å². The predicted octanol–water partition coefficient (Wildman–Crippen LogP) is 1.07. The number of rotatable bonds is 4. The molecule has 1 aromatic carbocycles. The summed E-state index contributed by atoms with van der Waals surface area (Å²) in [5, 5.41) is 6.24. The number of hydrogen-bond acceptors (Lipinski definition) is 4. The maximum Gasteiger partial charge on any atom is 0.243 e. The van der Waals surface area contributed by atoms with Crippen molar-refractivity contribution in [2.24, 2.45) is 0 Å². The van der Waals surface area contributed by atoms with Crippen molar-refractivity contribution in [3.05, 3.63) is 41.7 Å². The Morgan fingerprint density at radius 1 is 1.42 bits per heavy atom. The van der Waals surface area contributed by atoms with Crippen LogP contribution in [0, 0.1) is 12.7 Å². The van der Waals surface area contributed by atoms with Crippen LogP contribution >= 0.6 is 0 Å². The van der Waals surface area contributed by atoms with Gasteiger partial charge in [-0.3, -0.25) is 5.10 Å². The van der Waals surface area contributed by atoms with E-state index in [1.807, 2.05) is 0 Å². The van der Waals surface area contributed by atoms with Crippen molar-refractivity contribution in [1.82, 2.24) is 19.5 Å². The quantitative estimate of drug-likeness (QED) is 0.911. The summed E-state index contributed by atoms with van der Waals surface area (Å²) >= 11 is 0. The summed E-state index contributed by atoms with van der Waals surface area (Å²) in [5.74, 6) is -0.0276. The number of aryl methyl sites for hydroxylation is 1. The second-order valence-electron chi connectivity index (χ2n) is 4.10. The number of hydrogen-bond donors (Lipinski definition) is 1. The Morgan fingerprint density at radius 2 is 2.16 bits per heavy atom. The molecule has 0 saturated carbocycles. The first-order valence-corrected chi connectivity index (χ1v) is 6.92. The van der Waals surface area contributed by atoms with Crippen molar-refractivity contribution < 1.29 is 12.8 Å². The normalized spacial score (nSPS) is 12.0. The van der Waals surface area contributed by atoms with Crippen LogP contribution in [0.3, 0.4) is 0 Å². The van der Waals surface area contributed by atoms with E-state index in [9.17, 15) is 12.8 Å². The lowest BCUT2D eigenvalue weighted by atomic mass is 10.2. The SMILES string of the molecule is Cc1cc(F)ccc1S(=O)(=O)N(C)Cc1ncn[nH]1. The second-order valence-corrected chi connectivity index (χ2v) is 6.12. The zero-order chi connectivity index (χ0) is 14.0. The molecule has 1 aromatic heterocycles. The van der Waals surface area contributed by atoms with E-state index in [0.29, 0.717) is 11.4 Å². The topological polar surface area (TPSA) is 79.0 Å². The number of nitrogens with zero attached hydrogens (tertiary/aromatic N) is 3. The molecule has 6 nitrogen and oxygen atoms in total. The summed E-state index contributed by atoms with van der Waals surface area (Å²) < 4.78 is 38.8. The van der Waals surface area contributed by atoms with Crippen LogP contribution in [0.25, 0.3) is 0 Å². The molecule has 0 spiro atoms. The lowest BCUT2D eigenvalue weighted by molar-refractivity contribution is 0.456. The molecule has 0 fully saturated rings. The van der Waals surface area contributed by atoms with E-state index in [1.54, 1.807) is 6.92 Å². The van der Waals surface area contributed by atoms with E-state index >= 15 is 0 Å². The van der Waals surface area contributed by atoms with E-state index in [-0.39, 0.29) is 11.4 Å². The molecule has 0 atom stereocenters. The van der Waals surface area contributed by atoms with Crippen molar-refractivity contribution in [2.45, 2.75) is 18.4 Å². The monoisotopic (exact) mass is 284 g/mol. The van der Waals surface area contributed by atoms with Gasteiger partial charge in [-0.15, -0.1) is 0 Å². The molecule has 0 bridgehead atoms. The Labute approximate surface area is 110 Å². The fourth-order valence-corrected chi connectivity index (χ4v) is 3.01. The molecule has 2 rings (SSSR count).